The van der Waals surface area contributed by atoms with Crippen LogP contribution in [0.25, 0.3) is 0 Å². The molecule has 2 saturated heterocycles. The summed E-state index contributed by atoms with van der Waals surface area (Å²) < 4.78 is 0. The van der Waals surface area contributed by atoms with Crippen LogP contribution in [0.4, 0.5) is 0 Å². The van der Waals surface area contributed by atoms with Gasteiger partial charge in [-0.25, -0.2) is 0 Å². The van der Waals surface area contributed by atoms with E-state index in [1.807, 2.05) is 0 Å². The highest BCUT2D eigenvalue weighted by atomic mass is 35.5. The second-order valence-electron chi connectivity index (χ2n) is 5.47. The van der Waals surface area contributed by atoms with Crippen molar-refractivity contribution in [1.29, 1.82) is 0 Å². The summed E-state index contributed by atoms with van der Waals surface area (Å²) in [7, 11) is 3.51. The molecule has 2 atom stereocenters. The fourth-order valence-electron chi connectivity index (χ4n) is 2.88. The van der Waals surface area contributed by atoms with Gasteiger partial charge in [0.15, 0.2) is 0 Å². The first-order valence-corrected chi connectivity index (χ1v) is 6.83. The Bertz CT molecular complexity index is 330. The molecule has 2 aliphatic rings. The number of hydrogen-bond donors (Lipinski definition) is 1. The third-order valence-corrected chi connectivity index (χ3v) is 3.91. The van der Waals surface area contributed by atoms with Gasteiger partial charge in [-0.2, -0.15) is 0 Å². The molecule has 0 aromatic rings. The number of hydrogen-bond acceptors (Lipinski definition) is 3. The molecule has 0 radical (unpaired) electrons. The number of nitrogens with one attached hydrogen (secondary N) is 1. The molecular weight excluding hydrogens is 266 g/mol. The van der Waals surface area contributed by atoms with E-state index in [9.17, 15) is 9.59 Å². The maximum absolute atomic E-state index is 12.5. The summed E-state index contributed by atoms with van der Waals surface area (Å²) >= 11 is 0. The minimum absolute atomic E-state index is 0. The normalized spacial score (nSPS) is 26.7. The molecule has 0 spiro atoms. The first-order valence-electron chi connectivity index (χ1n) is 6.83. The lowest BCUT2D eigenvalue weighted by atomic mass is 9.97. The molecule has 2 rings (SSSR count). The van der Waals surface area contributed by atoms with Crippen molar-refractivity contribution >= 4 is 24.2 Å². The van der Waals surface area contributed by atoms with Crippen LogP contribution < -0.4 is 5.32 Å². The molecule has 110 valence electrons. The highest BCUT2D eigenvalue weighted by Crippen LogP contribution is 2.23. The Hall–Kier alpha value is -0.810. The van der Waals surface area contributed by atoms with Crippen LogP contribution in [0.1, 0.15) is 25.7 Å². The molecule has 6 heteroatoms. The highest BCUT2D eigenvalue weighted by molar-refractivity contribution is 5.89. The van der Waals surface area contributed by atoms with Gasteiger partial charge in [-0.3, -0.25) is 9.59 Å². The number of carbonyl (C=O) groups excluding carboxylic acids is 2. The minimum Gasteiger partial charge on any atom is -0.347 e. The van der Waals surface area contributed by atoms with Gasteiger partial charge in [-0.1, -0.05) is 0 Å². The number of nitrogens with zero attached hydrogens (tertiary/aromatic N) is 2. The van der Waals surface area contributed by atoms with Gasteiger partial charge in [-0.15, -0.1) is 12.4 Å². The van der Waals surface area contributed by atoms with Gasteiger partial charge in [0.25, 0.3) is 0 Å². The predicted molar refractivity (Wildman–Crippen MR) is 76.3 cm³/mol. The van der Waals surface area contributed by atoms with Gasteiger partial charge in [0, 0.05) is 27.2 Å². The number of likely N-dealkylation sites (N-methyl/N-ethyl adjacent to an activating group) is 1. The quantitative estimate of drug-likeness (QED) is 0.805. The zero-order valence-corrected chi connectivity index (χ0v) is 12.5. The molecule has 2 aliphatic heterocycles. The molecule has 5 nitrogen and oxygen atoms in total. The molecule has 0 bridgehead atoms. The third-order valence-electron chi connectivity index (χ3n) is 3.91. The average Bonchev–Trinajstić information content (AvgIpc) is 2.87. The molecular formula is C13H24ClN3O2. The number of likely N-dealkylation sites (tertiary alicyclic amines) is 1. The summed E-state index contributed by atoms with van der Waals surface area (Å²) in [4.78, 5) is 27.9. The minimum atomic E-state index is -0.227. The maximum Gasteiger partial charge on any atom is 0.244 e. The number of halogens is 1. The lowest BCUT2D eigenvalue weighted by Gasteiger charge is -2.31. The number of piperidine rings is 1. The van der Waals surface area contributed by atoms with Crippen LogP contribution in [0.2, 0.25) is 0 Å². The number of amides is 2. The van der Waals surface area contributed by atoms with Crippen molar-refractivity contribution in [3.63, 3.8) is 0 Å². The molecule has 0 aliphatic carbocycles. The van der Waals surface area contributed by atoms with E-state index in [1.165, 1.54) is 0 Å². The number of rotatable bonds is 2. The van der Waals surface area contributed by atoms with Crippen molar-refractivity contribution in [3.8, 4) is 0 Å². The Labute approximate surface area is 121 Å². The molecule has 19 heavy (non-hydrogen) atoms. The van der Waals surface area contributed by atoms with Crippen LogP contribution in [0.5, 0.6) is 0 Å². The molecule has 1 unspecified atom stereocenters. The van der Waals surface area contributed by atoms with E-state index in [2.05, 4.69) is 5.32 Å². The summed E-state index contributed by atoms with van der Waals surface area (Å²) in [5.74, 6) is 0.291. The van der Waals surface area contributed by atoms with Gasteiger partial charge >= 0.3 is 0 Å². The Kier molecular flexibility index (Phi) is 6.07. The smallest absolute Gasteiger partial charge is 0.244 e. The van der Waals surface area contributed by atoms with E-state index in [4.69, 9.17) is 0 Å². The first kappa shape index (κ1) is 16.2. The van der Waals surface area contributed by atoms with E-state index in [0.29, 0.717) is 0 Å². The van der Waals surface area contributed by atoms with Crippen molar-refractivity contribution in [2.45, 2.75) is 31.7 Å². The predicted octanol–water partition coefficient (Wildman–Crippen LogP) is 0.487. The van der Waals surface area contributed by atoms with E-state index in [1.54, 1.807) is 23.9 Å². The van der Waals surface area contributed by atoms with Crippen molar-refractivity contribution < 1.29 is 9.59 Å². The Balaban J connectivity index is 0.00000180. The number of carbonyl (C=O) groups is 2. The van der Waals surface area contributed by atoms with Gasteiger partial charge < -0.3 is 15.1 Å². The molecule has 1 N–H and O–H groups in total. The van der Waals surface area contributed by atoms with Crippen LogP contribution in [0.3, 0.4) is 0 Å². The molecule has 2 fully saturated rings. The van der Waals surface area contributed by atoms with Crippen LogP contribution in [0, 0.1) is 5.92 Å². The molecule has 0 saturated carbocycles. The monoisotopic (exact) mass is 289 g/mol. The van der Waals surface area contributed by atoms with Gasteiger partial charge in [0.05, 0.1) is 5.92 Å². The van der Waals surface area contributed by atoms with Crippen molar-refractivity contribution in [2.24, 2.45) is 5.92 Å². The maximum atomic E-state index is 12.5. The zero-order chi connectivity index (χ0) is 13.1. The summed E-state index contributed by atoms with van der Waals surface area (Å²) in [5.41, 5.74) is 0. The van der Waals surface area contributed by atoms with E-state index >= 15 is 0 Å². The van der Waals surface area contributed by atoms with Gasteiger partial charge in [-0.05, 0) is 32.2 Å². The van der Waals surface area contributed by atoms with E-state index in [-0.39, 0.29) is 36.2 Å². The fraction of sp³-hybridized carbons (Fsp3) is 0.846. The topological polar surface area (TPSA) is 52.7 Å². The first-order chi connectivity index (χ1) is 8.61. The second-order valence-corrected chi connectivity index (χ2v) is 5.47. The van der Waals surface area contributed by atoms with Crippen LogP contribution in [0.15, 0.2) is 0 Å². The standard InChI is InChI=1S/C13H23N3O2.ClH/c1-15(2)13(18)11-6-4-8-16(11)12(17)10-5-3-7-14-9-10;/h10-11,14H,3-9H2,1-2H3;1H/t10-,11?;/m1./s1. The Morgan fingerprint density at radius 2 is 1.95 bits per heavy atom. The third kappa shape index (κ3) is 3.60. The van der Waals surface area contributed by atoms with Gasteiger partial charge in [0.1, 0.15) is 6.04 Å². The largest absolute Gasteiger partial charge is 0.347 e. The molecule has 2 heterocycles. The SMILES string of the molecule is CN(C)C(=O)C1CCCN1C(=O)[C@@H]1CCCNC1.Cl. The van der Waals surface area contributed by atoms with Crippen LogP contribution in [-0.4, -0.2) is 61.4 Å². The van der Waals surface area contributed by atoms with E-state index in [0.717, 1.165) is 45.3 Å². The Morgan fingerprint density at radius 3 is 2.53 bits per heavy atom. The van der Waals surface area contributed by atoms with Crippen LogP contribution >= 0.6 is 12.4 Å². The lowest BCUT2D eigenvalue weighted by Crippen LogP contribution is -2.49. The summed E-state index contributed by atoms with van der Waals surface area (Å²) in [5, 5.41) is 3.26. The summed E-state index contributed by atoms with van der Waals surface area (Å²) in [6.07, 6.45) is 3.75. The lowest BCUT2D eigenvalue weighted by molar-refractivity contribution is -0.145. The van der Waals surface area contributed by atoms with Crippen molar-refractivity contribution in [2.75, 3.05) is 33.7 Å². The Morgan fingerprint density at radius 1 is 1.21 bits per heavy atom. The van der Waals surface area contributed by atoms with Crippen LogP contribution in [-0.2, 0) is 9.59 Å². The van der Waals surface area contributed by atoms with Gasteiger partial charge in [0.2, 0.25) is 11.8 Å². The summed E-state index contributed by atoms with van der Waals surface area (Å²) in [6, 6.07) is -0.227. The molecule has 0 aromatic heterocycles. The van der Waals surface area contributed by atoms with Crippen molar-refractivity contribution in [3.05, 3.63) is 0 Å². The zero-order valence-electron chi connectivity index (χ0n) is 11.7. The molecule has 0 aromatic carbocycles. The molecule has 2 amide bonds. The second kappa shape index (κ2) is 7.10. The summed E-state index contributed by atoms with van der Waals surface area (Å²) in [6.45, 7) is 2.50. The highest BCUT2D eigenvalue weighted by Gasteiger charge is 2.37. The van der Waals surface area contributed by atoms with E-state index < -0.39 is 0 Å². The average molecular weight is 290 g/mol. The fourth-order valence-corrected chi connectivity index (χ4v) is 2.88. The van der Waals surface area contributed by atoms with Crippen molar-refractivity contribution in [1.82, 2.24) is 15.1 Å².